The largest absolute Gasteiger partial charge is 0.390 e. The van der Waals surface area contributed by atoms with E-state index >= 15 is 0 Å². The maximum absolute atomic E-state index is 11.7. The quantitative estimate of drug-likeness (QED) is 0.862. The standard InChI is InChI=1S/C16H24N2O3S/c1-12-4-3-5-14(13(12)2)17-6-8-18(9-7-17)15-10-22(20,21)11-16(15)19/h3-5,15-16,19H,6-11H2,1-2H3. The van der Waals surface area contributed by atoms with E-state index in [2.05, 4.69) is 41.8 Å². The van der Waals surface area contributed by atoms with Gasteiger partial charge in [-0.3, -0.25) is 4.90 Å². The molecule has 0 spiro atoms. The Morgan fingerprint density at radius 1 is 1.09 bits per heavy atom. The molecule has 0 aromatic heterocycles. The average molecular weight is 324 g/mol. The first kappa shape index (κ1) is 15.8. The van der Waals surface area contributed by atoms with Gasteiger partial charge in [0.1, 0.15) is 0 Å². The van der Waals surface area contributed by atoms with Gasteiger partial charge in [-0.15, -0.1) is 0 Å². The highest BCUT2D eigenvalue weighted by Crippen LogP contribution is 2.26. The van der Waals surface area contributed by atoms with Gasteiger partial charge in [0, 0.05) is 31.9 Å². The highest BCUT2D eigenvalue weighted by Gasteiger charge is 2.40. The van der Waals surface area contributed by atoms with Crippen molar-refractivity contribution in [1.29, 1.82) is 0 Å². The lowest BCUT2D eigenvalue weighted by molar-refractivity contribution is 0.0793. The molecule has 2 atom stereocenters. The van der Waals surface area contributed by atoms with Crippen molar-refractivity contribution < 1.29 is 13.5 Å². The van der Waals surface area contributed by atoms with E-state index in [9.17, 15) is 13.5 Å². The number of aliphatic hydroxyl groups is 1. The van der Waals surface area contributed by atoms with Gasteiger partial charge in [-0.25, -0.2) is 8.42 Å². The predicted octanol–water partition coefficient (Wildman–Crippen LogP) is 0.583. The molecule has 1 aromatic carbocycles. The Bertz CT molecular complexity index is 651. The topological polar surface area (TPSA) is 60.9 Å². The van der Waals surface area contributed by atoms with Crippen LogP contribution in [0.5, 0.6) is 0 Å². The Balaban J connectivity index is 1.67. The van der Waals surface area contributed by atoms with Crippen molar-refractivity contribution in [1.82, 2.24) is 4.90 Å². The average Bonchev–Trinajstić information content (AvgIpc) is 2.75. The zero-order valence-corrected chi connectivity index (χ0v) is 14.0. The lowest BCUT2D eigenvalue weighted by atomic mass is 10.1. The second-order valence-electron chi connectivity index (χ2n) is 6.45. The van der Waals surface area contributed by atoms with Crippen LogP contribution in [0.4, 0.5) is 5.69 Å². The molecule has 3 rings (SSSR count). The summed E-state index contributed by atoms with van der Waals surface area (Å²) in [6.45, 7) is 7.59. The van der Waals surface area contributed by atoms with Gasteiger partial charge in [-0.1, -0.05) is 12.1 Å². The molecule has 2 fully saturated rings. The number of benzene rings is 1. The van der Waals surface area contributed by atoms with Crippen LogP contribution in [-0.2, 0) is 9.84 Å². The summed E-state index contributed by atoms with van der Waals surface area (Å²) < 4.78 is 23.3. The van der Waals surface area contributed by atoms with Gasteiger partial charge in [0.25, 0.3) is 0 Å². The minimum Gasteiger partial charge on any atom is -0.390 e. The van der Waals surface area contributed by atoms with Gasteiger partial charge < -0.3 is 10.0 Å². The lowest BCUT2D eigenvalue weighted by Crippen LogP contribution is -2.53. The number of sulfone groups is 1. The molecular formula is C16H24N2O3S. The molecular weight excluding hydrogens is 300 g/mol. The molecule has 2 aliphatic rings. The molecule has 0 bridgehead atoms. The molecule has 0 radical (unpaired) electrons. The van der Waals surface area contributed by atoms with Gasteiger partial charge in [0.05, 0.1) is 23.7 Å². The Morgan fingerprint density at radius 3 is 2.36 bits per heavy atom. The van der Waals surface area contributed by atoms with Crippen LogP contribution < -0.4 is 4.90 Å². The SMILES string of the molecule is Cc1cccc(N2CCN(C3CS(=O)(=O)CC3O)CC2)c1C. The molecule has 0 saturated carbocycles. The van der Waals surface area contributed by atoms with Crippen molar-refractivity contribution >= 4 is 15.5 Å². The Labute approximate surface area is 132 Å². The van der Waals surface area contributed by atoms with Gasteiger partial charge in [0.2, 0.25) is 0 Å². The fraction of sp³-hybridized carbons (Fsp3) is 0.625. The first-order valence-corrected chi connectivity index (χ1v) is 9.63. The molecule has 2 heterocycles. The van der Waals surface area contributed by atoms with Gasteiger partial charge in [-0.2, -0.15) is 0 Å². The van der Waals surface area contributed by atoms with E-state index in [0.29, 0.717) is 0 Å². The molecule has 2 unspecified atom stereocenters. The number of hydrogen-bond donors (Lipinski definition) is 1. The number of piperazine rings is 1. The number of aryl methyl sites for hydroxylation is 1. The third-order valence-corrected chi connectivity index (χ3v) is 6.69. The number of aliphatic hydroxyl groups excluding tert-OH is 1. The third kappa shape index (κ3) is 3.00. The van der Waals surface area contributed by atoms with Crippen molar-refractivity contribution in [2.24, 2.45) is 0 Å². The summed E-state index contributed by atoms with van der Waals surface area (Å²) in [6.07, 6.45) is -0.739. The van der Waals surface area contributed by atoms with Crippen molar-refractivity contribution in [3.63, 3.8) is 0 Å². The van der Waals surface area contributed by atoms with E-state index < -0.39 is 15.9 Å². The third-order valence-electron chi connectivity index (χ3n) is 4.99. The first-order valence-electron chi connectivity index (χ1n) is 7.81. The predicted molar refractivity (Wildman–Crippen MR) is 88.2 cm³/mol. The van der Waals surface area contributed by atoms with Crippen LogP contribution in [0, 0.1) is 13.8 Å². The molecule has 22 heavy (non-hydrogen) atoms. The summed E-state index contributed by atoms with van der Waals surface area (Å²) in [7, 11) is -3.08. The van der Waals surface area contributed by atoms with E-state index in [1.807, 2.05) is 0 Å². The Kier molecular flexibility index (Phi) is 4.18. The number of hydrogen-bond acceptors (Lipinski definition) is 5. The lowest BCUT2D eigenvalue weighted by Gasteiger charge is -2.40. The molecule has 2 aliphatic heterocycles. The van der Waals surface area contributed by atoms with Crippen molar-refractivity contribution in [3.05, 3.63) is 29.3 Å². The summed E-state index contributed by atoms with van der Waals surface area (Å²) in [4.78, 5) is 4.49. The monoisotopic (exact) mass is 324 g/mol. The number of nitrogens with zero attached hydrogens (tertiary/aromatic N) is 2. The van der Waals surface area contributed by atoms with Gasteiger partial charge in [-0.05, 0) is 31.0 Å². The number of anilines is 1. The van der Waals surface area contributed by atoms with Crippen LogP contribution in [0.1, 0.15) is 11.1 Å². The number of rotatable bonds is 2. The van der Waals surface area contributed by atoms with Crippen molar-refractivity contribution in [2.45, 2.75) is 26.0 Å². The highest BCUT2D eigenvalue weighted by atomic mass is 32.2. The van der Waals surface area contributed by atoms with Gasteiger partial charge in [0.15, 0.2) is 9.84 Å². The molecule has 122 valence electrons. The zero-order valence-electron chi connectivity index (χ0n) is 13.2. The van der Waals surface area contributed by atoms with Crippen LogP contribution in [0.15, 0.2) is 18.2 Å². The fourth-order valence-electron chi connectivity index (χ4n) is 3.53. The second-order valence-corrected chi connectivity index (χ2v) is 8.61. The highest BCUT2D eigenvalue weighted by molar-refractivity contribution is 7.91. The first-order chi connectivity index (χ1) is 10.4. The van der Waals surface area contributed by atoms with E-state index in [4.69, 9.17) is 0 Å². The molecule has 0 aliphatic carbocycles. The van der Waals surface area contributed by atoms with E-state index in [1.54, 1.807) is 0 Å². The maximum Gasteiger partial charge on any atom is 0.154 e. The Morgan fingerprint density at radius 2 is 1.77 bits per heavy atom. The van der Waals surface area contributed by atoms with E-state index in [-0.39, 0.29) is 17.5 Å². The van der Waals surface area contributed by atoms with Crippen LogP contribution >= 0.6 is 0 Å². The second kappa shape index (κ2) is 5.83. The zero-order chi connectivity index (χ0) is 15.9. The van der Waals surface area contributed by atoms with Crippen molar-refractivity contribution in [2.75, 3.05) is 42.6 Å². The molecule has 6 heteroatoms. The van der Waals surface area contributed by atoms with E-state index in [0.717, 1.165) is 26.2 Å². The Hall–Kier alpha value is -1.11. The molecule has 1 N–H and O–H groups in total. The van der Waals surface area contributed by atoms with Crippen LogP contribution in [0.3, 0.4) is 0 Å². The summed E-state index contributed by atoms with van der Waals surface area (Å²) in [5.41, 5.74) is 3.86. The van der Waals surface area contributed by atoms with Crippen LogP contribution in [-0.4, -0.2) is 68.3 Å². The summed E-state index contributed by atoms with van der Waals surface area (Å²) in [5.74, 6) is 0.00646. The van der Waals surface area contributed by atoms with Crippen molar-refractivity contribution in [3.8, 4) is 0 Å². The minimum atomic E-state index is -3.08. The molecule has 2 saturated heterocycles. The van der Waals surface area contributed by atoms with E-state index in [1.165, 1.54) is 16.8 Å². The molecule has 1 aromatic rings. The summed E-state index contributed by atoms with van der Waals surface area (Å²) >= 11 is 0. The fourth-order valence-corrected chi connectivity index (χ4v) is 5.36. The molecule has 5 nitrogen and oxygen atoms in total. The smallest absolute Gasteiger partial charge is 0.154 e. The van der Waals surface area contributed by atoms with Gasteiger partial charge >= 0.3 is 0 Å². The maximum atomic E-state index is 11.7. The van der Waals surface area contributed by atoms with Crippen LogP contribution in [0.2, 0.25) is 0 Å². The molecule has 0 amide bonds. The van der Waals surface area contributed by atoms with Crippen LogP contribution in [0.25, 0.3) is 0 Å². The summed E-state index contributed by atoms with van der Waals surface area (Å²) in [6, 6.07) is 6.12. The normalized spacial score (nSPS) is 29.0. The minimum absolute atomic E-state index is 0.0884. The summed E-state index contributed by atoms with van der Waals surface area (Å²) in [5, 5.41) is 10.0.